The maximum atomic E-state index is 12.3. The zero-order valence-electron chi connectivity index (χ0n) is 12.0. The summed E-state index contributed by atoms with van der Waals surface area (Å²) in [6.45, 7) is 0. The van der Waals surface area contributed by atoms with Gasteiger partial charge in [-0.3, -0.25) is 0 Å². The highest BCUT2D eigenvalue weighted by atomic mass is 19.4. The summed E-state index contributed by atoms with van der Waals surface area (Å²) in [5, 5.41) is 2.34. The van der Waals surface area contributed by atoms with Crippen molar-refractivity contribution in [1.82, 2.24) is 14.9 Å². The fourth-order valence-corrected chi connectivity index (χ4v) is 1.26. The summed E-state index contributed by atoms with van der Waals surface area (Å²) in [6, 6.07) is 5.79. The van der Waals surface area contributed by atoms with Gasteiger partial charge in [0, 0.05) is 32.2 Å². The number of carbonyl (C=O) groups excluding carboxylic acids is 1. The van der Waals surface area contributed by atoms with Crippen LogP contribution < -0.4 is 5.32 Å². The number of amides is 2. The van der Waals surface area contributed by atoms with Gasteiger partial charge in [0.25, 0.3) is 0 Å². The molecular weight excluding hydrogens is 297 g/mol. The van der Waals surface area contributed by atoms with Crippen LogP contribution in [0.15, 0.2) is 49.1 Å². The molecule has 1 heterocycles. The number of anilines is 1. The average Bonchev–Trinajstić information content (AvgIpc) is 2.49. The Kier molecular flexibility index (Phi) is 6.30. The Morgan fingerprint density at radius 3 is 2.18 bits per heavy atom. The van der Waals surface area contributed by atoms with Crippen molar-refractivity contribution in [2.45, 2.75) is 6.18 Å². The molecule has 0 atom stereocenters. The van der Waals surface area contributed by atoms with Crippen LogP contribution in [0.1, 0.15) is 5.56 Å². The van der Waals surface area contributed by atoms with E-state index in [1.807, 2.05) is 0 Å². The van der Waals surface area contributed by atoms with Crippen LogP contribution in [-0.4, -0.2) is 35.0 Å². The van der Waals surface area contributed by atoms with Crippen molar-refractivity contribution in [2.75, 3.05) is 19.4 Å². The number of aromatic nitrogens is 2. The highest BCUT2D eigenvalue weighted by Gasteiger charge is 2.30. The zero-order valence-corrected chi connectivity index (χ0v) is 12.0. The summed E-state index contributed by atoms with van der Waals surface area (Å²) in [4.78, 5) is 19.8. The van der Waals surface area contributed by atoms with E-state index in [2.05, 4.69) is 15.3 Å². The predicted octanol–water partition coefficient (Wildman–Crippen LogP) is 3.28. The number of rotatable bonds is 1. The molecule has 0 aliphatic carbocycles. The fraction of sp³-hybridized carbons (Fsp3) is 0.214. The first-order valence-corrected chi connectivity index (χ1v) is 6.16. The van der Waals surface area contributed by atoms with E-state index in [0.717, 1.165) is 12.1 Å². The molecule has 5 nitrogen and oxygen atoms in total. The molecule has 0 aliphatic heterocycles. The summed E-state index contributed by atoms with van der Waals surface area (Å²) < 4.78 is 37.0. The minimum absolute atomic E-state index is 0.119. The maximum Gasteiger partial charge on any atom is 0.416 e. The Hall–Kier alpha value is -2.64. The number of halogens is 3. The lowest BCUT2D eigenvalue weighted by Crippen LogP contribution is -2.27. The Morgan fingerprint density at radius 1 is 1.14 bits per heavy atom. The molecule has 22 heavy (non-hydrogen) atoms. The smallest absolute Gasteiger partial charge is 0.331 e. The first kappa shape index (κ1) is 17.4. The second kappa shape index (κ2) is 7.96. The van der Waals surface area contributed by atoms with Gasteiger partial charge in [-0.2, -0.15) is 13.2 Å². The third kappa shape index (κ3) is 6.21. The molecule has 0 unspecified atom stereocenters. The molecule has 1 aromatic heterocycles. The molecule has 0 fully saturated rings. The zero-order chi connectivity index (χ0) is 16.6. The van der Waals surface area contributed by atoms with E-state index in [1.165, 1.54) is 37.5 Å². The molecule has 2 rings (SSSR count). The summed E-state index contributed by atoms with van der Waals surface area (Å²) in [5.74, 6) is 0. The SMILES string of the molecule is CN(C)C(=O)Nc1cccc(C(F)(F)F)c1.c1cncnc1. The van der Waals surface area contributed by atoms with E-state index in [0.29, 0.717) is 0 Å². The van der Waals surface area contributed by atoms with Crippen LogP contribution >= 0.6 is 0 Å². The predicted molar refractivity (Wildman–Crippen MR) is 76.2 cm³/mol. The van der Waals surface area contributed by atoms with Gasteiger partial charge in [0.15, 0.2) is 0 Å². The van der Waals surface area contributed by atoms with Crippen LogP contribution in [0.2, 0.25) is 0 Å². The van der Waals surface area contributed by atoms with Crippen LogP contribution in [-0.2, 0) is 6.18 Å². The van der Waals surface area contributed by atoms with E-state index >= 15 is 0 Å². The number of alkyl halides is 3. The van der Waals surface area contributed by atoms with Crippen molar-refractivity contribution in [3.63, 3.8) is 0 Å². The van der Waals surface area contributed by atoms with Crippen molar-refractivity contribution >= 4 is 11.7 Å². The van der Waals surface area contributed by atoms with Gasteiger partial charge >= 0.3 is 12.2 Å². The standard InChI is InChI=1S/C10H11F3N2O.C4H4N2/c1-15(2)9(16)14-8-5-3-4-7(6-8)10(11,12)13;1-2-5-4-6-3-1/h3-6H,1-2H3,(H,14,16);1-4H. The summed E-state index contributed by atoms with van der Waals surface area (Å²) in [6.07, 6.45) is 0.471. The van der Waals surface area contributed by atoms with Gasteiger partial charge in [0.1, 0.15) is 6.33 Å². The number of hydrogen-bond acceptors (Lipinski definition) is 3. The molecule has 2 aromatic rings. The van der Waals surface area contributed by atoms with Crippen LogP contribution in [0.3, 0.4) is 0 Å². The Labute approximate surface area is 125 Å². The van der Waals surface area contributed by atoms with Crippen LogP contribution in [0.5, 0.6) is 0 Å². The van der Waals surface area contributed by atoms with Crippen molar-refractivity contribution < 1.29 is 18.0 Å². The highest BCUT2D eigenvalue weighted by molar-refractivity contribution is 5.88. The average molecular weight is 312 g/mol. The summed E-state index contributed by atoms with van der Waals surface area (Å²) in [7, 11) is 3.01. The third-order valence-corrected chi connectivity index (χ3v) is 2.32. The fourth-order valence-electron chi connectivity index (χ4n) is 1.26. The molecule has 0 saturated heterocycles. The molecule has 118 valence electrons. The number of carbonyl (C=O) groups is 1. The van der Waals surface area contributed by atoms with Gasteiger partial charge < -0.3 is 10.2 Å². The lowest BCUT2D eigenvalue weighted by Gasteiger charge is -2.13. The Bertz CT molecular complexity index is 561. The van der Waals surface area contributed by atoms with Crippen molar-refractivity contribution in [2.24, 2.45) is 0 Å². The van der Waals surface area contributed by atoms with E-state index in [-0.39, 0.29) is 5.69 Å². The van der Waals surface area contributed by atoms with Gasteiger partial charge in [0.05, 0.1) is 5.56 Å². The number of benzene rings is 1. The van der Waals surface area contributed by atoms with E-state index in [1.54, 1.807) is 18.5 Å². The first-order valence-electron chi connectivity index (χ1n) is 6.16. The van der Waals surface area contributed by atoms with E-state index < -0.39 is 17.8 Å². The third-order valence-electron chi connectivity index (χ3n) is 2.32. The quantitative estimate of drug-likeness (QED) is 0.879. The van der Waals surface area contributed by atoms with Crippen LogP contribution in [0, 0.1) is 0 Å². The molecule has 0 spiro atoms. The second-order valence-electron chi connectivity index (χ2n) is 4.31. The van der Waals surface area contributed by atoms with Gasteiger partial charge in [0.2, 0.25) is 0 Å². The van der Waals surface area contributed by atoms with Gasteiger partial charge in [-0.15, -0.1) is 0 Å². The molecule has 0 bridgehead atoms. The van der Waals surface area contributed by atoms with Gasteiger partial charge in [-0.25, -0.2) is 14.8 Å². The monoisotopic (exact) mass is 312 g/mol. The number of nitrogens with zero attached hydrogens (tertiary/aromatic N) is 3. The molecule has 0 saturated carbocycles. The van der Waals surface area contributed by atoms with Gasteiger partial charge in [-0.1, -0.05) is 6.07 Å². The van der Waals surface area contributed by atoms with Crippen molar-refractivity contribution in [3.05, 3.63) is 54.6 Å². The summed E-state index contributed by atoms with van der Waals surface area (Å²) in [5.41, 5.74) is -0.669. The molecule has 2 amide bonds. The Balaban J connectivity index is 0.000000335. The second-order valence-corrected chi connectivity index (χ2v) is 4.31. The first-order chi connectivity index (χ1) is 10.3. The molecule has 0 aliphatic rings. The normalized spacial score (nSPS) is 10.2. The molecule has 0 radical (unpaired) electrons. The molecular formula is C14H15F3N4O. The number of hydrogen-bond donors (Lipinski definition) is 1. The summed E-state index contributed by atoms with van der Waals surface area (Å²) >= 11 is 0. The maximum absolute atomic E-state index is 12.3. The van der Waals surface area contributed by atoms with Crippen molar-refractivity contribution in [3.8, 4) is 0 Å². The molecule has 8 heteroatoms. The largest absolute Gasteiger partial charge is 0.416 e. The van der Waals surface area contributed by atoms with Gasteiger partial charge in [-0.05, 0) is 24.3 Å². The topological polar surface area (TPSA) is 58.1 Å². The van der Waals surface area contributed by atoms with Crippen LogP contribution in [0.4, 0.5) is 23.7 Å². The minimum Gasteiger partial charge on any atom is -0.331 e. The highest BCUT2D eigenvalue weighted by Crippen LogP contribution is 2.30. The molecule has 1 aromatic carbocycles. The number of nitrogens with one attached hydrogen (secondary N) is 1. The number of urea groups is 1. The van der Waals surface area contributed by atoms with Crippen molar-refractivity contribution in [1.29, 1.82) is 0 Å². The lowest BCUT2D eigenvalue weighted by atomic mass is 10.2. The van der Waals surface area contributed by atoms with E-state index in [4.69, 9.17) is 0 Å². The molecule has 1 N–H and O–H groups in total. The lowest BCUT2D eigenvalue weighted by molar-refractivity contribution is -0.137. The van der Waals surface area contributed by atoms with E-state index in [9.17, 15) is 18.0 Å². The minimum atomic E-state index is -4.40. The Morgan fingerprint density at radius 2 is 1.77 bits per heavy atom. The van der Waals surface area contributed by atoms with Crippen LogP contribution in [0.25, 0.3) is 0 Å².